The van der Waals surface area contributed by atoms with Crippen molar-refractivity contribution in [3.05, 3.63) is 29.3 Å². The molecule has 0 saturated heterocycles. The van der Waals surface area contributed by atoms with Crippen LogP contribution in [0.2, 0.25) is 0 Å². The van der Waals surface area contributed by atoms with Gasteiger partial charge in [-0.2, -0.15) is 0 Å². The van der Waals surface area contributed by atoms with E-state index < -0.39 is 5.82 Å². The first-order valence-electron chi connectivity index (χ1n) is 3.48. The molecule has 1 N–H and O–H groups in total. The Labute approximate surface area is 74.2 Å². The van der Waals surface area contributed by atoms with Gasteiger partial charge in [0, 0.05) is 0 Å². The number of carbonyl (C=O) groups is 1. The van der Waals surface area contributed by atoms with Gasteiger partial charge in [0.05, 0.1) is 11.8 Å². The van der Waals surface area contributed by atoms with Crippen molar-refractivity contribution >= 4 is 6.29 Å². The topological polar surface area (TPSA) is 50.2 Å². The predicted molar refractivity (Wildman–Crippen MR) is 43.5 cm³/mol. The third-order valence-electron chi connectivity index (χ3n) is 1.31. The average molecular weight is 179 g/mol. The average Bonchev–Trinajstić information content (AvgIpc) is 2.16. The molecule has 0 spiro atoms. The van der Waals surface area contributed by atoms with Gasteiger partial charge < -0.3 is 5.11 Å². The number of aliphatic hydroxyl groups is 1. The molecular formula is C9H6FNO2. The van der Waals surface area contributed by atoms with Crippen LogP contribution < -0.4 is 0 Å². The summed E-state index contributed by atoms with van der Waals surface area (Å²) >= 11 is 0. The molecule has 1 heterocycles. The Hall–Kier alpha value is -1.73. The van der Waals surface area contributed by atoms with E-state index in [2.05, 4.69) is 16.8 Å². The molecular weight excluding hydrogens is 173 g/mol. The fourth-order valence-corrected chi connectivity index (χ4v) is 0.743. The van der Waals surface area contributed by atoms with Gasteiger partial charge in [-0.05, 0) is 12.0 Å². The highest BCUT2D eigenvalue weighted by Gasteiger charge is 2.01. The molecule has 0 radical (unpaired) electrons. The molecule has 3 nitrogen and oxygen atoms in total. The van der Waals surface area contributed by atoms with E-state index in [1.165, 1.54) is 6.07 Å². The SMILES string of the molecule is O=Cc1cc(C#CCO)ncc1F. The predicted octanol–water partition coefficient (Wildman–Crippen LogP) is 0.377. The Bertz CT molecular complexity index is 379. The molecule has 0 aliphatic carbocycles. The van der Waals surface area contributed by atoms with Gasteiger partial charge in [0.2, 0.25) is 0 Å². The van der Waals surface area contributed by atoms with Crippen molar-refractivity contribution in [3.63, 3.8) is 0 Å². The number of halogens is 1. The molecule has 4 heteroatoms. The standard InChI is InChI=1S/C9H6FNO2/c10-9-5-11-8(2-1-3-12)4-7(9)6-13/h4-6,12H,3H2. The summed E-state index contributed by atoms with van der Waals surface area (Å²) in [6, 6.07) is 1.23. The first-order valence-corrected chi connectivity index (χ1v) is 3.48. The van der Waals surface area contributed by atoms with E-state index in [4.69, 9.17) is 5.11 Å². The quantitative estimate of drug-likeness (QED) is 0.500. The molecule has 66 valence electrons. The molecule has 0 bridgehead atoms. The maximum Gasteiger partial charge on any atom is 0.153 e. The van der Waals surface area contributed by atoms with Crippen molar-refractivity contribution in [1.29, 1.82) is 0 Å². The van der Waals surface area contributed by atoms with Crippen LogP contribution in [0.3, 0.4) is 0 Å². The molecule has 0 amide bonds. The lowest BCUT2D eigenvalue weighted by atomic mass is 10.2. The van der Waals surface area contributed by atoms with E-state index >= 15 is 0 Å². The number of aliphatic hydroxyl groups excluding tert-OH is 1. The molecule has 13 heavy (non-hydrogen) atoms. The molecule has 0 aliphatic heterocycles. The number of hydrogen-bond donors (Lipinski definition) is 1. The highest BCUT2D eigenvalue weighted by molar-refractivity contribution is 5.75. The number of aldehydes is 1. The maximum atomic E-state index is 12.7. The minimum absolute atomic E-state index is 0.0859. The zero-order chi connectivity index (χ0) is 9.68. The summed E-state index contributed by atoms with van der Waals surface area (Å²) < 4.78 is 12.7. The lowest BCUT2D eigenvalue weighted by molar-refractivity contribution is 0.111. The molecule has 0 atom stereocenters. The van der Waals surface area contributed by atoms with E-state index in [9.17, 15) is 9.18 Å². The number of aromatic nitrogens is 1. The third-order valence-corrected chi connectivity index (χ3v) is 1.31. The first-order chi connectivity index (χ1) is 6.27. The molecule has 0 unspecified atom stereocenters. The second kappa shape index (κ2) is 4.33. The van der Waals surface area contributed by atoms with Crippen LogP contribution in [0.5, 0.6) is 0 Å². The Morgan fingerprint density at radius 3 is 3.08 bits per heavy atom. The molecule has 0 aliphatic rings. The first kappa shape index (κ1) is 9.36. The lowest BCUT2D eigenvalue weighted by Gasteiger charge is -1.93. The summed E-state index contributed by atoms with van der Waals surface area (Å²) in [6.45, 7) is -0.296. The zero-order valence-corrected chi connectivity index (χ0v) is 6.62. The van der Waals surface area contributed by atoms with Gasteiger partial charge in [-0.15, -0.1) is 0 Å². The Morgan fingerprint density at radius 1 is 1.69 bits per heavy atom. The summed E-state index contributed by atoms with van der Waals surface area (Å²) in [5.74, 6) is 4.12. The van der Waals surface area contributed by atoms with Crippen molar-refractivity contribution in [1.82, 2.24) is 4.98 Å². The fourth-order valence-electron chi connectivity index (χ4n) is 0.743. The van der Waals surface area contributed by atoms with Gasteiger partial charge in [0.15, 0.2) is 12.1 Å². The van der Waals surface area contributed by atoms with Crippen molar-refractivity contribution < 1.29 is 14.3 Å². The third kappa shape index (κ3) is 2.36. The number of hydrogen-bond acceptors (Lipinski definition) is 3. The number of pyridine rings is 1. The van der Waals surface area contributed by atoms with Crippen molar-refractivity contribution in [2.75, 3.05) is 6.61 Å². The Balaban J connectivity index is 3.06. The van der Waals surface area contributed by atoms with Crippen LogP contribution in [0.1, 0.15) is 16.1 Å². The summed E-state index contributed by atoms with van der Waals surface area (Å²) in [6.07, 6.45) is 1.31. The van der Waals surface area contributed by atoms with Gasteiger partial charge >= 0.3 is 0 Å². The lowest BCUT2D eigenvalue weighted by Crippen LogP contribution is -1.92. The second-order valence-corrected chi connectivity index (χ2v) is 2.17. The highest BCUT2D eigenvalue weighted by Crippen LogP contribution is 2.03. The fraction of sp³-hybridized carbons (Fsp3) is 0.111. The van der Waals surface area contributed by atoms with Gasteiger partial charge in [0.25, 0.3) is 0 Å². The minimum atomic E-state index is -0.676. The summed E-state index contributed by atoms with van der Waals surface area (Å²) in [4.78, 5) is 13.9. The van der Waals surface area contributed by atoms with E-state index in [0.717, 1.165) is 6.20 Å². The summed E-state index contributed by atoms with van der Waals surface area (Å²) in [7, 11) is 0. The Morgan fingerprint density at radius 2 is 2.46 bits per heavy atom. The number of rotatable bonds is 1. The zero-order valence-electron chi connectivity index (χ0n) is 6.62. The molecule has 1 rings (SSSR count). The Kier molecular flexibility index (Phi) is 3.12. The van der Waals surface area contributed by atoms with Crippen molar-refractivity contribution in [2.24, 2.45) is 0 Å². The molecule has 0 fully saturated rings. The summed E-state index contributed by atoms with van der Waals surface area (Å²) in [5, 5.41) is 8.36. The van der Waals surface area contributed by atoms with Crippen LogP contribution >= 0.6 is 0 Å². The van der Waals surface area contributed by atoms with Crippen LogP contribution in [-0.4, -0.2) is 23.0 Å². The summed E-state index contributed by atoms with van der Waals surface area (Å²) in [5.41, 5.74) is 0.176. The second-order valence-electron chi connectivity index (χ2n) is 2.17. The highest BCUT2D eigenvalue weighted by atomic mass is 19.1. The van der Waals surface area contributed by atoms with Crippen molar-refractivity contribution in [3.8, 4) is 11.8 Å². The van der Waals surface area contributed by atoms with Crippen LogP contribution in [-0.2, 0) is 0 Å². The normalized spacial score (nSPS) is 8.77. The maximum absolute atomic E-state index is 12.7. The van der Waals surface area contributed by atoms with Crippen LogP contribution in [0, 0.1) is 17.7 Å². The largest absolute Gasteiger partial charge is 0.384 e. The van der Waals surface area contributed by atoms with Gasteiger partial charge in [0.1, 0.15) is 12.3 Å². The molecule has 0 saturated carbocycles. The van der Waals surface area contributed by atoms with E-state index in [-0.39, 0.29) is 17.9 Å². The molecule has 1 aromatic heterocycles. The monoisotopic (exact) mass is 179 g/mol. The van der Waals surface area contributed by atoms with Gasteiger partial charge in [-0.25, -0.2) is 9.37 Å². The van der Waals surface area contributed by atoms with Gasteiger partial charge in [-0.1, -0.05) is 5.92 Å². The van der Waals surface area contributed by atoms with Crippen molar-refractivity contribution in [2.45, 2.75) is 0 Å². The molecule has 0 aromatic carbocycles. The number of carbonyl (C=O) groups excluding carboxylic acids is 1. The van der Waals surface area contributed by atoms with Crippen LogP contribution in [0.4, 0.5) is 4.39 Å². The molecule has 1 aromatic rings. The van der Waals surface area contributed by atoms with E-state index in [0.29, 0.717) is 6.29 Å². The minimum Gasteiger partial charge on any atom is -0.384 e. The van der Waals surface area contributed by atoms with E-state index in [1.54, 1.807) is 0 Å². The van der Waals surface area contributed by atoms with Crippen LogP contribution in [0.15, 0.2) is 12.3 Å². The smallest absolute Gasteiger partial charge is 0.153 e. The number of nitrogens with zero attached hydrogens (tertiary/aromatic N) is 1. The van der Waals surface area contributed by atoms with Crippen LogP contribution in [0.25, 0.3) is 0 Å². The van der Waals surface area contributed by atoms with E-state index in [1.807, 2.05) is 0 Å². The van der Waals surface area contributed by atoms with Gasteiger partial charge in [-0.3, -0.25) is 4.79 Å².